The maximum atomic E-state index is 12.9. The minimum atomic E-state index is -4.44. The predicted octanol–water partition coefficient (Wildman–Crippen LogP) is 4.22. The number of anilines is 1. The summed E-state index contributed by atoms with van der Waals surface area (Å²) < 4.78 is 55.6. The summed E-state index contributed by atoms with van der Waals surface area (Å²) >= 11 is 0. The molecule has 0 amide bonds. The Labute approximate surface area is 106 Å². The van der Waals surface area contributed by atoms with Gasteiger partial charge in [0.25, 0.3) is 0 Å². The van der Waals surface area contributed by atoms with Crippen LogP contribution in [0.3, 0.4) is 0 Å². The molecule has 0 radical (unpaired) electrons. The Morgan fingerprint density at radius 2 is 1.63 bits per heavy atom. The number of hydrogen-bond acceptors (Lipinski definition) is 2. The number of halogens is 4. The van der Waals surface area contributed by atoms with Crippen LogP contribution in [0, 0.1) is 5.82 Å². The average molecular weight is 271 g/mol. The molecule has 0 heterocycles. The Morgan fingerprint density at radius 1 is 0.947 bits per heavy atom. The van der Waals surface area contributed by atoms with Crippen molar-refractivity contribution in [3.8, 4) is 11.5 Å². The first-order valence-corrected chi connectivity index (χ1v) is 5.26. The van der Waals surface area contributed by atoms with Crippen molar-refractivity contribution in [2.24, 2.45) is 0 Å². The largest absolute Gasteiger partial charge is 0.457 e. The number of nitrogens with two attached hydrogens (primary N) is 1. The van der Waals surface area contributed by atoms with Crippen molar-refractivity contribution in [1.82, 2.24) is 0 Å². The van der Waals surface area contributed by atoms with Crippen molar-refractivity contribution in [1.29, 1.82) is 0 Å². The van der Waals surface area contributed by atoms with E-state index in [1.54, 1.807) is 0 Å². The second kappa shape index (κ2) is 4.79. The van der Waals surface area contributed by atoms with Crippen LogP contribution in [0.1, 0.15) is 5.56 Å². The van der Waals surface area contributed by atoms with Crippen molar-refractivity contribution in [2.45, 2.75) is 6.18 Å². The topological polar surface area (TPSA) is 35.2 Å². The normalized spacial score (nSPS) is 11.4. The number of benzene rings is 2. The zero-order chi connectivity index (χ0) is 14.0. The molecule has 0 spiro atoms. The van der Waals surface area contributed by atoms with Crippen LogP contribution in [-0.4, -0.2) is 0 Å². The molecule has 0 bridgehead atoms. The highest BCUT2D eigenvalue weighted by molar-refractivity contribution is 5.46. The van der Waals surface area contributed by atoms with Crippen molar-refractivity contribution >= 4 is 5.69 Å². The summed E-state index contributed by atoms with van der Waals surface area (Å²) in [5.41, 5.74) is 4.38. The van der Waals surface area contributed by atoms with E-state index in [-0.39, 0.29) is 17.2 Å². The lowest BCUT2D eigenvalue weighted by molar-refractivity contribution is -0.137. The molecule has 0 atom stereocenters. The number of hydrogen-bond donors (Lipinski definition) is 1. The van der Waals surface area contributed by atoms with E-state index in [9.17, 15) is 17.6 Å². The van der Waals surface area contributed by atoms with Gasteiger partial charge < -0.3 is 10.5 Å². The first-order valence-electron chi connectivity index (χ1n) is 5.26. The molecule has 19 heavy (non-hydrogen) atoms. The molecule has 2 aromatic rings. The van der Waals surface area contributed by atoms with E-state index in [4.69, 9.17) is 10.5 Å². The van der Waals surface area contributed by atoms with Gasteiger partial charge in [-0.25, -0.2) is 4.39 Å². The summed E-state index contributed by atoms with van der Waals surface area (Å²) in [4.78, 5) is 0. The third-order valence-corrected chi connectivity index (χ3v) is 2.36. The molecule has 0 aromatic heterocycles. The fourth-order valence-corrected chi connectivity index (χ4v) is 1.46. The van der Waals surface area contributed by atoms with Crippen molar-refractivity contribution < 1.29 is 22.3 Å². The van der Waals surface area contributed by atoms with E-state index >= 15 is 0 Å². The third-order valence-electron chi connectivity index (χ3n) is 2.36. The molecule has 0 saturated carbocycles. The number of ether oxygens (including phenoxy) is 1. The van der Waals surface area contributed by atoms with Gasteiger partial charge in [-0.1, -0.05) is 6.07 Å². The number of alkyl halides is 3. The summed E-state index contributed by atoms with van der Waals surface area (Å²) in [5, 5.41) is 0. The summed E-state index contributed by atoms with van der Waals surface area (Å²) in [6, 6.07) is 7.96. The highest BCUT2D eigenvalue weighted by Crippen LogP contribution is 2.33. The van der Waals surface area contributed by atoms with E-state index in [0.29, 0.717) is 0 Å². The average Bonchev–Trinajstić information content (AvgIpc) is 2.33. The van der Waals surface area contributed by atoms with Crippen molar-refractivity contribution in [3.05, 3.63) is 53.8 Å². The van der Waals surface area contributed by atoms with Gasteiger partial charge in [0, 0.05) is 6.07 Å². The molecular weight excluding hydrogens is 262 g/mol. The highest BCUT2D eigenvalue weighted by Gasteiger charge is 2.30. The van der Waals surface area contributed by atoms with E-state index in [1.165, 1.54) is 24.3 Å². The zero-order valence-corrected chi connectivity index (χ0v) is 9.54. The van der Waals surface area contributed by atoms with Crippen LogP contribution < -0.4 is 10.5 Å². The van der Waals surface area contributed by atoms with Gasteiger partial charge in [-0.15, -0.1) is 0 Å². The molecular formula is C13H9F4NO. The molecule has 0 unspecified atom stereocenters. The highest BCUT2D eigenvalue weighted by atomic mass is 19.4. The van der Waals surface area contributed by atoms with E-state index in [0.717, 1.165) is 18.2 Å². The first kappa shape index (κ1) is 13.2. The van der Waals surface area contributed by atoms with Crippen LogP contribution in [0.5, 0.6) is 11.5 Å². The Hall–Kier alpha value is -2.24. The Kier molecular flexibility index (Phi) is 3.33. The molecule has 2 N–H and O–H groups in total. The Morgan fingerprint density at radius 3 is 2.26 bits per heavy atom. The SMILES string of the molecule is Nc1cc(Oc2cccc(C(F)(F)F)c2)ccc1F. The van der Waals surface area contributed by atoms with Crippen LogP contribution in [-0.2, 0) is 6.18 Å². The molecule has 100 valence electrons. The molecule has 2 nitrogen and oxygen atoms in total. The molecule has 0 saturated heterocycles. The van der Waals surface area contributed by atoms with Crippen LogP contribution in [0.15, 0.2) is 42.5 Å². The lowest BCUT2D eigenvalue weighted by atomic mass is 10.2. The van der Waals surface area contributed by atoms with Gasteiger partial charge in [0.15, 0.2) is 0 Å². The fourth-order valence-electron chi connectivity index (χ4n) is 1.46. The van der Waals surface area contributed by atoms with Gasteiger partial charge in [-0.2, -0.15) is 13.2 Å². The molecule has 2 aromatic carbocycles. The van der Waals surface area contributed by atoms with Crippen LogP contribution in [0.4, 0.5) is 23.2 Å². The minimum Gasteiger partial charge on any atom is -0.457 e. The number of nitrogen functional groups attached to an aromatic ring is 1. The third kappa shape index (κ3) is 3.15. The van der Waals surface area contributed by atoms with Crippen LogP contribution in [0.25, 0.3) is 0 Å². The Balaban J connectivity index is 2.26. The van der Waals surface area contributed by atoms with Gasteiger partial charge in [0.05, 0.1) is 11.3 Å². The van der Waals surface area contributed by atoms with E-state index in [1.807, 2.05) is 0 Å². The van der Waals surface area contributed by atoms with Crippen molar-refractivity contribution in [3.63, 3.8) is 0 Å². The van der Waals surface area contributed by atoms with Crippen LogP contribution in [0.2, 0.25) is 0 Å². The summed E-state index contributed by atoms with van der Waals surface area (Å²) in [7, 11) is 0. The second-order valence-electron chi connectivity index (χ2n) is 3.81. The molecule has 2 rings (SSSR count). The fraction of sp³-hybridized carbons (Fsp3) is 0.0769. The standard InChI is InChI=1S/C13H9F4NO/c14-11-5-4-10(7-12(11)18)19-9-3-1-2-8(6-9)13(15,16)17/h1-7H,18H2. The van der Waals surface area contributed by atoms with E-state index < -0.39 is 17.6 Å². The van der Waals surface area contributed by atoms with Gasteiger partial charge in [-0.3, -0.25) is 0 Å². The number of rotatable bonds is 2. The first-order chi connectivity index (χ1) is 8.86. The lowest BCUT2D eigenvalue weighted by Gasteiger charge is -2.10. The molecule has 0 aliphatic heterocycles. The molecule has 0 aliphatic rings. The monoisotopic (exact) mass is 271 g/mol. The molecule has 0 fully saturated rings. The quantitative estimate of drug-likeness (QED) is 0.655. The van der Waals surface area contributed by atoms with Gasteiger partial charge in [0.1, 0.15) is 17.3 Å². The Bertz CT molecular complexity index is 595. The zero-order valence-electron chi connectivity index (χ0n) is 9.54. The van der Waals surface area contributed by atoms with E-state index in [2.05, 4.69) is 0 Å². The van der Waals surface area contributed by atoms with Crippen LogP contribution >= 0.6 is 0 Å². The second-order valence-corrected chi connectivity index (χ2v) is 3.81. The maximum absolute atomic E-state index is 12.9. The maximum Gasteiger partial charge on any atom is 0.416 e. The minimum absolute atomic E-state index is 0.000771. The van der Waals surface area contributed by atoms with Crippen molar-refractivity contribution in [2.75, 3.05) is 5.73 Å². The molecule has 0 aliphatic carbocycles. The smallest absolute Gasteiger partial charge is 0.416 e. The molecule has 6 heteroatoms. The summed E-state index contributed by atoms with van der Waals surface area (Å²) in [6.45, 7) is 0. The van der Waals surface area contributed by atoms with Gasteiger partial charge in [0.2, 0.25) is 0 Å². The predicted molar refractivity (Wildman–Crippen MR) is 62.3 cm³/mol. The van der Waals surface area contributed by atoms with Gasteiger partial charge >= 0.3 is 6.18 Å². The van der Waals surface area contributed by atoms with Gasteiger partial charge in [-0.05, 0) is 30.3 Å². The lowest BCUT2D eigenvalue weighted by Crippen LogP contribution is -2.04. The summed E-state index contributed by atoms with van der Waals surface area (Å²) in [6.07, 6.45) is -4.44. The summed E-state index contributed by atoms with van der Waals surface area (Å²) in [5.74, 6) is -0.449.